The Kier molecular flexibility index (Phi) is 3.31. The Hall–Kier alpha value is 0.175. The smallest absolute Gasteiger partial charge is 0.115 e. The van der Waals surface area contributed by atoms with Crippen molar-refractivity contribution in [2.75, 3.05) is 12.3 Å². The second-order valence-electron chi connectivity index (χ2n) is 6.30. The number of fused-ring (bicyclic) bond motifs is 1. The zero-order valence-electron chi connectivity index (χ0n) is 11.6. The van der Waals surface area contributed by atoms with Crippen LogP contribution < -0.4 is 0 Å². The highest BCUT2D eigenvalue weighted by molar-refractivity contribution is 7.64. The lowest BCUT2D eigenvalue weighted by Gasteiger charge is -2.36. The molecule has 0 aromatic rings. The van der Waals surface area contributed by atoms with Crippen LogP contribution in [-0.2, 0) is 4.57 Å². The Morgan fingerprint density at radius 3 is 2.28 bits per heavy atom. The second kappa shape index (κ2) is 4.08. The van der Waals surface area contributed by atoms with Crippen molar-refractivity contribution in [1.82, 2.24) is 0 Å². The first-order chi connectivity index (χ1) is 8.18. The number of aliphatic hydroxyl groups excluding tert-OH is 2. The van der Waals surface area contributed by atoms with Crippen molar-refractivity contribution >= 4 is 15.0 Å². The van der Waals surface area contributed by atoms with Gasteiger partial charge in [-0.25, -0.2) is 0 Å². The zero-order chi connectivity index (χ0) is 13.9. The van der Waals surface area contributed by atoms with Crippen LogP contribution in [0.15, 0.2) is 0 Å². The van der Waals surface area contributed by atoms with Gasteiger partial charge in [0.05, 0.1) is 11.7 Å². The van der Waals surface area contributed by atoms with Crippen LogP contribution in [0.3, 0.4) is 0 Å². The first-order valence-electron chi connectivity index (χ1n) is 6.84. The quantitative estimate of drug-likeness (QED) is 0.507. The second-order valence-corrected chi connectivity index (χ2v) is 9.96. The van der Waals surface area contributed by atoms with Gasteiger partial charge in [0.25, 0.3) is 0 Å². The number of rotatable bonds is 4. The van der Waals surface area contributed by atoms with Gasteiger partial charge in [-0.2, -0.15) is 0 Å². The average molecular weight is 274 g/mol. The van der Waals surface area contributed by atoms with E-state index in [2.05, 4.69) is 0 Å². The van der Waals surface area contributed by atoms with Crippen LogP contribution in [0.1, 0.15) is 27.2 Å². The van der Waals surface area contributed by atoms with E-state index in [0.29, 0.717) is 18.7 Å². The lowest BCUT2D eigenvalue weighted by molar-refractivity contribution is -0.0870. The molecule has 0 spiro atoms. The molecular formula is C12H24BO4P. The first kappa shape index (κ1) is 14.6. The van der Waals surface area contributed by atoms with Crippen molar-refractivity contribution in [3.8, 4) is 0 Å². The summed E-state index contributed by atoms with van der Waals surface area (Å²) in [4.78, 5) is 0. The predicted molar refractivity (Wildman–Crippen MR) is 74.2 cm³/mol. The van der Waals surface area contributed by atoms with E-state index in [1.54, 1.807) is 6.92 Å². The summed E-state index contributed by atoms with van der Waals surface area (Å²) in [7, 11) is -0.780. The van der Waals surface area contributed by atoms with Gasteiger partial charge in [0, 0.05) is 17.7 Å². The maximum atomic E-state index is 12.7. The van der Waals surface area contributed by atoms with Crippen molar-refractivity contribution in [1.29, 1.82) is 0 Å². The Morgan fingerprint density at radius 2 is 1.94 bits per heavy atom. The topological polar surface area (TPSA) is 77.8 Å². The molecule has 2 rings (SSSR count). The highest BCUT2D eigenvalue weighted by atomic mass is 31.2. The lowest BCUT2D eigenvalue weighted by atomic mass is 9.72. The summed E-state index contributed by atoms with van der Waals surface area (Å²) in [5.74, 6) is -0.954. The van der Waals surface area contributed by atoms with E-state index in [0.717, 1.165) is 0 Å². The van der Waals surface area contributed by atoms with E-state index in [4.69, 9.17) is 0 Å². The minimum atomic E-state index is -2.68. The SMILES string of the molecule is B[C@@H]1[C@H]2CC2([C@@H](O)P(=O)(CC)CC)[C@@H](O)[C@@]1(C)O. The van der Waals surface area contributed by atoms with Crippen LogP contribution >= 0.6 is 7.14 Å². The Bertz CT molecular complexity index is 392. The summed E-state index contributed by atoms with van der Waals surface area (Å²) in [6, 6.07) is 0. The summed E-state index contributed by atoms with van der Waals surface area (Å²) in [6.07, 6.45) is 0.591. The molecule has 1 unspecified atom stereocenters. The van der Waals surface area contributed by atoms with Crippen molar-refractivity contribution in [2.45, 2.75) is 50.6 Å². The molecule has 4 nitrogen and oxygen atoms in total. The molecule has 2 fully saturated rings. The predicted octanol–water partition coefficient (Wildman–Crippen LogP) is 0.261. The molecule has 2 saturated carbocycles. The Morgan fingerprint density at radius 1 is 1.44 bits per heavy atom. The molecule has 6 atom stereocenters. The molecule has 0 aliphatic heterocycles. The fraction of sp³-hybridized carbons (Fsp3) is 1.00. The molecule has 104 valence electrons. The largest absolute Gasteiger partial charge is 0.389 e. The summed E-state index contributed by atoms with van der Waals surface area (Å²) < 4.78 is 12.7. The van der Waals surface area contributed by atoms with Gasteiger partial charge in [-0.1, -0.05) is 13.8 Å². The highest BCUT2D eigenvalue weighted by Gasteiger charge is 2.77. The summed E-state index contributed by atoms with van der Waals surface area (Å²) in [5, 5.41) is 31.2. The van der Waals surface area contributed by atoms with Crippen molar-refractivity contribution in [2.24, 2.45) is 11.3 Å². The molecule has 0 amide bonds. The van der Waals surface area contributed by atoms with Crippen LogP contribution in [0.2, 0.25) is 5.82 Å². The molecule has 0 bridgehead atoms. The fourth-order valence-corrected chi connectivity index (χ4v) is 6.38. The molecule has 18 heavy (non-hydrogen) atoms. The Balaban J connectivity index is 2.34. The Labute approximate surface area is 110 Å². The zero-order valence-corrected chi connectivity index (χ0v) is 12.5. The van der Waals surface area contributed by atoms with E-state index in [-0.39, 0.29) is 11.7 Å². The van der Waals surface area contributed by atoms with Gasteiger partial charge in [-0.15, -0.1) is 0 Å². The van der Waals surface area contributed by atoms with Crippen LogP contribution in [0, 0.1) is 11.3 Å². The molecule has 0 radical (unpaired) electrons. The highest BCUT2D eigenvalue weighted by Crippen LogP contribution is 2.77. The van der Waals surface area contributed by atoms with Crippen LogP contribution in [-0.4, -0.2) is 53.0 Å². The molecule has 0 saturated heterocycles. The minimum absolute atomic E-state index is 0.0655. The van der Waals surface area contributed by atoms with E-state index in [1.165, 1.54) is 0 Å². The molecule has 6 heteroatoms. The summed E-state index contributed by atoms with van der Waals surface area (Å²) in [6.45, 7) is 5.26. The van der Waals surface area contributed by atoms with Gasteiger partial charge in [-0.05, 0) is 25.1 Å². The third-order valence-electron chi connectivity index (χ3n) is 5.69. The number of aliphatic hydroxyl groups is 3. The van der Waals surface area contributed by atoms with Crippen molar-refractivity contribution in [3.05, 3.63) is 0 Å². The maximum Gasteiger partial charge on any atom is 0.115 e. The normalized spacial score (nSPS) is 48.9. The van der Waals surface area contributed by atoms with Gasteiger partial charge in [-0.3, -0.25) is 0 Å². The molecule has 2 aliphatic rings. The molecule has 0 aromatic carbocycles. The number of hydrogen-bond donors (Lipinski definition) is 3. The van der Waals surface area contributed by atoms with Crippen LogP contribution in [0.25, 0.3) is 0 Å². The van der Waals surface area contributed by atoms with E-state index in [1.807, 2.05) is 21.7 Å². The monoisotopic (exact) mass is 274 g/mol. The standard InChI is InChI=1S/C12H24BO4P/c1-4-18(17,5-2)10(15)12-6-7(12)8(13)11(3,16)9(12)14/h7-10,14-16H,4-6,13H2,1-3H3/t7-,8-,9+,10+,11+,12?/m1/s1. The van der Waals surface area contributed by atoms with Crippen molar-refractivity contribution < 1.29 is 19.9 Å². The average Bonchev–Trinajstić information content (AvgIpc) is 3.07. The van der Waals surface area contributed by atoms with E-state index >= 15 is 0 Å². The fourth-order valence-electron chi connectivity index (χ4n) is 3.92. The first-order valence-corrected chi connectivity index (χ1v) is 8.99. The van der Waals surface area contributed by atoms with Gasteiger partial charge >= 0.3 is 0 Å². The maximum absolute atomic E-state index is 12.7. The van der Waals surface area contributed by atoms with Gasteiger partial charge < -0.3 is 19.9 Å². The van der Waals surface area contributed by atoms with E-state index < -0.39 is 30.1 Å². The summed E-state index contributed by atoms with van der Waals surface area (Å²) in [5.41, 5.74) is -1.92. The molecule has 3 N–H and O–H groups in total. The van der Waals surface area contributed by atoms with Gasteiger partial charge in [0.2, 0.25) is 0 Å². The molecule has 0 aromatic heterocycles. The minimum Gasteiger partial charge on any atom is -0.389 e. The lowest BCUT2D eigenvalue weighted by Crippen LogP contribution is -2.46. The number of hydrogen-bond acceptors (Lipinski definition) is 4. The van der Waals surface area contributed by atoms with Gasteiger partial charge in [0.15, 0.2) is 0 Å². The third-order valence-corrected chi connectivity index (χ3v) is 9.20. The van der Waals surface area contributed by atoms with Crippen molar-refractivity contribution in [3.63, 3.8) is 0 Å². The van der Waals surface area contributed by atoms with Crippen LogP contribution in [0.4, 0.5) is 0 Å². The molecular weight excluding hydrogens is 250 g/mol. The molecule has 0 heterocycles. The summed E-state index contributed by atoms with van der Waals surface area (Å²) >= 11 is 0. The van der Waals surface area contributed by atoms with Crippen LogP contribution in [0.5, 0.6) is 0 Å². The molecule has 2 aliphatic carbocycles. The van der Waals surface area contributed by atoms with Gasteiger partial charge in [0.1, 0.15) is 20.8 Å². The van der Waals surface area contributed by atoms with E-state index in [9.17, 15) is 19.9 Å². The third kappa shape index (κ3) is 1.54.